The molecule has 0 saturated heterocycles. The lowest BCUT2D eigenvalue weighted by Crippen LogP contribution is -2.42. The number of thioether (sulfide) groups is 1. The van der Waals surface area contributed by atoms with Crippen molar-refractivity contribution in [2.75, 3.05) is 19.1 Å². The Morgan fingerprint density at radius 3 is 2.58 bits per heavy atom. The highest BCUT2D eigenvalue weighted by Crippen LogP contribution is 2.25. The van der Waals surface area contributed by atoms with Crippen LogP contribution in [0.4, 0.5) is 5.69 Å². The molecule has 0 spiro atoms. The molecule has 0 radical (unpaired) electrons. The standard InChI is InChI=1S/C20H20Cl2N2O6S/c1-29-18-6-4-14(24(27)28)9-12(18)11-30-20(26)17(7-8-31-2)23-19(25)15-5-3-13(21)10-16(15)22/h3-6,9-10,17H,7-8,11H2,1-2H3,(H,23,25). The van der Waals surface area contributed by atoms with Gasteiger partial charge >= 0.3 is 5.97 Å². The summed E-state index contributed by atoms with van der Waals surface area (Å²) in [6.07, 6.45) is 2.19. The smallest absolute Gasteiger partial charge is 0.329 e. The van der Waals surface area contributed by atoms with Gasteiger partial charge in [0.2, 0.25) is 0 Å². The summed E-state index contributed by atoms with van der Waals surface area (Å²) in [5, 5.41) is 14.2. The molecule has 2 rings (SSSR count). The van der Waals surface area contributed by atoms with Crippen molar-refractivity contribution in [2.24, 2.45) is 0 Å². The van der Waals surface area contributed by atoms with Crippen molar-refractivity contribution in [1.29, 1.82) is 0 Å². The lowest BCUT2D eigenvalue weighted by molar-refractivity contribution is -0.385. The van der Waals surface area contributed by atoms with E-state index in [0.29, 0.717) is 28.5 Å². The van der Waals surface area contributed by atoms with E-state index in [2.05, 4.69) is 5.32 Å². The minimum absolute atomic E-state index is 0.156. The minimum atomic E-state index is -0.934. The maximum atomic E-state index is 12.7. The Morgan fingerprint density at radius 1 is 1.23 bits per heavy atom. The van der Waals surface area contributed by atoms with E-state index < -0.39 is 22.8 Å². The fourth-order valence-electron chi connectivity index (χ4n) is 2.64. The summed E-state index contributed by atoms with van der Waals surface area (Å²) in [5.41, 5.74) is 0.352. The summed E-state index contributed by atoms with van der Waals surface area (Å²) in [6.45, 7) is -0.253. The number of hydrogen-bond acceptors (Lipinski definition) is 7. The first-order valence-corrected chi connectivity index (χ1v) is 11.1. The van der Waals surface area contributed by atoms with Crippen LogP contribution in [0.1, 0.15) is 22.3 Å². The Balaban J connectivity index is 2.13. The van der Waals surface area contributed by atoms with Crippen LogP contribution < -0.4 is 10.1 Å². The number of ether oxygens (including phenoxy) is 2. The second-order valence-electron chi connectivity index (χ2n) is 6.29. The monoisotopic (exact) mass is 486 g/mol. The fourth-order valence-corrected chi connectivity index (χ4v) is 3.60. The number of nitro benzene ring substituents is 1. The van der Waals surface area contributed by atoms with Gasteiger partial charge in [0.15, 0.2) is 0 Å². The quantitative estimate of drug-likeness (QED) is 0.299. The first-order valence-electron chi connectivity index (χ1n) is 8.99. The van der Waals surface area contributed by atoms with E-state index in [-0.39, 0.29) is 22.9 Å². The molecule has 1 atom stereocenters. The SMILES string of the molecule is COc1ccc([N+](=O)[O-])cc1COC(=O)C(CCSC)NC(=O)c1ccc(Cl)cc1Cl. The van der Waals surface area contributed by atoms with E-state index in [1.165, 1.54) is 55.3 Å². The van der Waals surface area contributed by atoms with Crippen LogP contribution in [-0.2, 0) is 16.1 Å². The molecule has 0 aliphatic rings. The molecule has 2 aromatic carbocycles. The van der Waals surface area contributed by atoms with Crippen LogP contribution in [0.25, 0.3) is 0 Å². The lowest BCUT2D eigenvalue weighted by atomic mass is 10.1. The van der Waals surface area contributed by atoms with Crippen LogP contribution in [-0.4, -0.2) is 42.0 Å². The van der Waals surface area contributed by atoms with Gasteiger partial charge in [0.05, 0.1) is 22.6 Å². The Labute approximate surface area is 193 Å². The number of rotatable bonds is 10. The summed E-state index contributed by atoms with van der Waals surface area (Å²) < 4.78 is 10.5. The third kappa shape index (κ3) is 7.02. The molecule has 8 nitrogen and oxygen atoms in total. The first-order chi connectivity index (χ1) is 14.8. The molecule has 11 heteroatoms. The van der Waals surface area contributed by atoms with Crippen LogP contribution >= 0.6 is 35.0 Å². The maximum Gasteiger partial charge on any atom is 0.329 e. The molecule has 2 aromatic rings. The van der Waals surface area contributed by atoms with E-state index in [1.807, 2.05) is 6.26 Å². The molecule has 0 bridgehead atoms. The molecular weight excluding hydrogens is 467 g/mol. The third-order valence-corrected chi connectivity index (χ3v) is 5.41. The summed E-state index contributed by atoms with van der Waals surface area (Å²) in [7, 11) is 1.41. The Bertz CT molecular complexity index is 973. The van der Waals surface area contributed by atoms with E-state index in [1.54, 1.807) is 0 Å². The molecule has 0 saturated carbocycles. The van der Waals surface area contributed by atoms with E-state index >= 15 is 0 Å². The number of carbonyl (C=O) groups is 2. The number of carbonyl (C=O) groups excluding carboxylic acids is 2. The Morgan fingerprint density at radius 2 is 1.97 bits per heavy atom. The van der Waals surface area contributed by atoms with Crippen molar-refractivity contribution < 1.29 is 24.0 Å². The molecular formula is C20H20Cl2N2O6S. The van der Waals surface area contributed by atoms with E-state index in [4.69, 9.17) is 32.7 Å². The molecule has 1 amide bonds. The van der Waals surface area contributed by atoms with Crippen molar-refractivity contribution in [2.45, 2.75) is 19.1 Å². The third-order valence-electron chi connectivity index (χ3n) is 4.22. The number of methoxy groups -OCH3 is 1. The number of hydrogen-bond donors (Lipinski definition) is 1. The van der Waals surface area contributed by atoms with Gasteiger partial charge in [-0.05, 0) is 42.7 Å². The number of halogens is 2. The van der Waals surface area contributed by atoms with Crippen LogP contribution in [0.5, 0.6) is 5.75 Å². The van der Waals surface area contributed by atoms with Gasteiger partial charge in [-0.25, -0.2) is 4.79 Å². The minimum Gasteiger partial charge on any atom is -0.496 e. The number of esters is 1. The van der Waals surface area contributed by atoms with Crippen molar-refractivity contribution in [3.05, 3.63) is 67.7 Å². The van der Waals surface area contributed by atoms with Crippen LogP contribution in [0.2, 0.25) is 10.0 Å². The average Bonchev–Trinajstić information content (AvgIpc) is 2.74. The van der Waals surface area contributed by atoms with Gasteiger partial charge in [-0.3, -0.25) is 14.9 Å². The number of nitrogens with one attached hydrogen (secondary N) is 1. The van der Waals surface area contributed by atoms with Gasteiger partial charge in [-0.1, -0.05) is 23.2 Å². The molecule has 0 aliphatic carbocycles. The maximum absolute atomic E-state index is 12.7. The number of amides is 1. The number of nitro groups is 1. The Hall–Kier alpha value is -2.49. The molecule has 0 fully saturated rings. The molecule has 31 heavy (non-hydrogen) atoms. The largest absolute Gasteiger partial charge is 0.496 e. The van der Waals surface area contributed by atoms with Crippen molar-refractivity contribution in [3.8, 4) is 5.75 Å². The number of benzene rings is 2. The van der Waals surface area contributed by atoms with Crippen LogP contribution in [0, 0.1) is 10.1 Å². The average molecular weight is 487 g/mol. The lowest BCUT2D eigenvalue weighted by Gasteiger charge is -2.18. The van der Waals surface area contributed by atoms with Crippen LogP contribution in [0.15, 0.2) is 36.4 Å². The number of nitrogens with zero attached hydrogens (tertiary/aromatic N) is 1. The van der Waals surface area contributed by atoms with Gasteiger partial charge < -0.3 is 14.8 Å². The second-order valence-corrected chi connectivity index (χ2v) is 8.12. The highest BCUT2D eigenvalue weighted by Gasteiger charge is 2.24. The number of non-ortho nitro benzene ring substituents is 1. The zero-order valence-electron chi connectivity index (χ0n) is 16.7. The van der Waals surface area contributed by atoms with Crippen LogP contribution in [0.3, 0.4) is 0 Å². The van der Waals surface area contributed by atoms with Crippen molar-refractivity contribution in [1.82, 2.24) is 5.32 Å². The zero-order chi connectivity index (χ0) is 23.0. The summed E-state index contributed by atoms with van der Waals surface area (Å²) >= 11 is 13.4. The molecule has 0 aliphatic heterocycles. The normalized spacial score (nSPS) is 11.5. The predicted octanol–water partition coefficient (Wildman–Crippen LogP) is 4.51. The zero-order valence-corrected chi connectivity index (χ0v) is 19.1. The summed E-state index contributed by atoms with van der Waals surface area (Å²) in [6, 6.07) is 7.48. The van der Waals surface area contributed by atoms with Gasteiger partial charge in [-0.15, -0.1) is 0 Å². The molecule has 1 unspecified atom stereocenters. The molecule has 166 valence electrons. The van der Waals surface area contributed by atoms with Crippen molar-refractivity contribution in [3.63, 3.8) is 0 Å². The second kappa shape index (κ2) is 11.8. The van der Waals surface area contributed by atoms with E-state index in [9.17, 15) is 19.7 Å². The first kappa shape index (κ1) is 24.8. The predicted molar refractivity (Wildman–Crippen MR) is 120 cm³/mol. The van der Waals surface area contributed by atoms with Gasteiger partial charge in [-0.2, -0.15) is 11.8 Å². The highest BCUT2D eigenvalue weighted by atomic mass is 35.5. The highest BCUT2D eigenvalue weighted by molar-refractivity contribution is 7.98. The topological polar surface area (TPSA) is 108 Å². The molecule has 0 heterocycles. The Kier molecular flexibility index (Phi) is 9.42. The summed E-state index contributed by atoms with van der Waals surface area (Å²) in [5.74, 6) is -0.288. The van der Waals surface area contributed by atoms with Gasteiger partial charge in [0.25, 0.3) is 11.6 Å². The van der Waals surface area contributed by atoms with Gasteiger partial charge in [0.1, 0.15) is 18.4 Å². The fraction of sp³-hybridized carbons (Fsp3) is 0.300. The summed E-state index contributed by atoms with van der Waals surface area (Å²) in [4.78, 5) is 35.7. The molecule has 0 aromatic heterocycles. The van der Waals surface area contributed by atoms with E-state index in [0.717, 1.165) is 0 Å². The van der Waals surface area contributed by atoms with Crippen molar-refractivity contribution >= 4 is 52.5 Å². The van der Waals surface area contributed by atoms with Gasteiger partial charge in [0, 0.05) is 22.7 Å². The molecule has 1 N–H and O–H groups in total.